The van der Waals surface area contributed by atoms with Crippen molar-refractivity contribution in [3.05, 3.63) is 36.5 Å². The number of unbranched alkanes of at least 4 members (excludes halogenated alkanes) is 29. The van der Waals surface area contributed by atoms with Crippen LogP contribution in [0.2, 0.25) is 0 Å². The van der Waals surface area contributed by atoms with Crippen molar-refractivity contribution in [3.63, 3.8) is 0 Å². The van der Waals surface area contributed by atoms with E-state index in [2.05, 4.69) is 57.2 Å². The van der Waals surface area contributed by atoms with E-state index in [4.69, 9.17) is 14.2 Å². The van der Waals surface area contributed by atoms with Crippen LogP contribution >= 0.6 is 0 Å². The SMILES string of the molecule is CC/C=C\C/C=C\CCCCCCCCCC(=O)OCC(COC(=O)CCCCCCCCCCCCCCC)OC(=O)CCCCC/C=C\CCCCCCCCC. The lowest BCUT2D eigenvalue weighted by molar-refractivity contribution is -0.167. The zero-order valence-electron chi connectivity index (χ0n) is 39.3. The summed E-state index contributed by atoms with van der Waals surface area (Å²) in [5, 5.41) is 0. The Morgan fingerprint density at radius 2 is 0.661 bits per heavy atom. The summed E-state index contributed by atoms with van der Waals surface area (Å²) in [6, 6.07) is 0. The van der Waals surface area contributed by atoms with E-state index in [0.29, 0.717) is 19.3 Å². The fraction of sp³-hybridized carbons (Fsp3) is 0.830. The van der Waals surface area contributed by atoms with Crippen LogP contribution in [0.4, 0.5) is 0 Å². The number of hydrogen-bond acceptors (Lipinski definition) is 6. The minimum absolute atomic E-state index is 0.0778. The van der Waals surface area contributed by atoms with Gasteiger partial charge in [-0.05, 0) is 70.6 Å². The molecule has 0 N–H and O–H groups in total. The maximum Gasteiger partial charge on any atom is 0.306 e. The summed E-state index contributed by atoms with van der Waals surface area (Å²) < 4.78 is 16.8. The summed E-state index contributed by atoms with van der Waals surface area (Å²) in [4.78, 5) is 37.9. The second-order valence-corrected chi connectivity index (χ2v) is 17.1. The van der Waals surface area contributed by atoms with Crippen molar-refractivity contribution in [2.24, 2.45) is 0 Å². The van der Waals surface area contributed by atoms with E-state index in [1.54, 1.807) is 0 Å². The first kappa shape index (κ1) is 56.6. The Balaban J connectivity index is 4.38. The van der Waals surface area contributed by atoms with Crippen LogP contribution in [0.5, 0.6) is 0 Å². The third-order valence-electron chi connectivity index (χ3n) is 11.1. The quantitative estimate of drug-likeness (QED) is 0.0263. The average molecular weight is 829 g/mol. The number of ether oxygens (including phenoxy) is 3. The normalized spacial score (nSPS) is 12.3. The van der Waals surface area contributed by atoms with Crippen molar-refractivity contribution in [1.29, 1.82) is 0 Å². The Kier molecular flexibility index (Phi) is 46.4. The highest BCUT2D eigenvalue weighted by molar-refractivity contribution is 5.71. The van der Waals surface area contributed by atoms with Crippen molar-refractivity contribution in [2.45, 2.75) is 271 Å². The largest absolute Gasteiger partial charge is 0.462 e. The molecule has 0 amide bonds. The fourth-order valence-corrected chi connectivity index (χ4v) is 7.30. The van der Waals surface area contributed by atoms with Gasteiger partial charge in [0.05, 0.1) is 0 Å². The molecule has 1 unspecified atom stereocenters. The topological polar surface area (TPSA) is 78.9 Å². The standard InChI is InChI=1S/C53H96O6/c1-4-7-10-13-16-19-22-25-28-31-34-37-40-43-46-52(55)58-49-50(48-57-51(54)45-42-39-36-33-30-27-24-21-18-15-12-9-6-3)59-53(56)47-44-41-38-35-32-29-26-23-20-17-14-11-8-5-2/h7,10,16,19,29,32,50H,4-6,8-9,11-15,17-18,20-28,30-31,33-49H2,1-3H3/b10-7-,19-16-,32-29-. The van der Waals surface area contributed by atoms with Crippen LogP contribution < -0.4 is 0 Å². The van der Waals surface area contributed by atoms with Crippen LogP contribution in [-0.2, 0) is 28.6 Å². The molecule has 1 atom stereocenters. The molecule has 0 bridgehead atoms. The second-order valence-electron chi connectivity index (χ2n) is 17.1. The van der Waals surface area contributed by atoms with Crippen molar-refractivity contribution >= 4 is 17.9 Å². The lowest BCUT2D eigenvalue weighted by atomic mass is 10.0. The van der Waals surface area contributed by atoms with Gasteiger partial charge in [-0.1, -0.05) is 211 Å². The Labute approximate surface area is 365 Å². The maximum atomic E-state index is 12.8. The van der Waals surface area contributed by atoms with E-state index in [1.807, 2.05) is 0 Å². The minimum Gasteiger partial charge on any atom is -0.462 e. The first-order chi connectivity index (χ1) is 29.0. The van der Waals surface area contributed by atoms with E-state index in [-0.39, 0.29) is 31.1 Å². The van der Waals surface area contributed by atoms with E-state index < -0.39 is 6.10 Å². The first-order valence-corrected chi connectivity index (χ1v) is 25.5. The molecule has 0 spiro atoms. The van der Waals surface area contributed by atoms with Crippen molar-refractivity contribution < 1.29 is 28.6 Å². The van der Waals surface area contributed by atoms with Crippen LogP contribution in [0.1, 0.15) is 265 Å². The molecule has 0 heterocycles. The molecular weight excluding hydrogens is 733 g/mol. The number of carbonyl (C=O) groups excluding carboxylic acids is 3. The zero-order chi connectivity index (χ0) is 43.0. The molecule has 0 aromatic heterocycles. The highest BCUT2D eigenvalue weighted by Gasteiger charge is 2.19. The summed E-state index contributed by atoms with van der Waals surface area (Å²) in [5.41, 5.74) is 0. The van der Waals surface area contributed by atoms with E-state index in [1.165, 1.54) is 135 Å². The third kappa shape index (κ3) is 46.5. The van der Waals surface area contributed by atoms with Gasteiger partial charge in [-0.3, -0.25) is 14.4 Å². The van der Waals surface area contributed by atoms with Gasteiger partial charge >= 0.3 is 17.9 Å². The molecule has 0 aliphatic heterocycles. The molecule has 0 radical (unpaired) electrons. The van der Waals surface area contributed by atoms with Gasteiger partial charge in [-0.25, -0.2) is 0 Å². The van der Waals surface area contributed by atoms with Crippen LogP contribution in [0, 0.1) is 0 Å². The zero-order valence-corrected chi connectivity index (χ0v) is 39.3. The van der Waals surface area contributed by atoms with Crippen LogP contribution in [0.15, 0.2) is 36.5 Å². The van der Waals surface area contributed by atoms with Crippen LogP contribution in [-0.4, -0.2) is 37.2 Å². The van der Waals surface area contributed by atoms with Crippen molar-refractivity contribution in [2.75, 3.05) is 13.2 Å². The summed E-state index contributed by atoms with van der Waals surface area (Å²) in [6.45, 7) is 6.52. The number of carbonyl (C=O) groups is 3. The van der Waals surface area contributed by atoms with Gasteiger partial charge in [-0.15, -0.1) is 0 Å². The van der Waals surface area contributed by atoms with Gasteiger partial charge in [-0.2, -0.15) is 0 Å². The molecule has 6 heteroatoms. The molecule has 0 aliphatic rings. The van der Waals surface area contributed by atoms with E-state index in [9.17, 15) is 14.4 Å². The summed E-state index contributed by atoms with van der Waals surface area (Å²) >= 11 is 0. The summed E-state index contributed by atoms with van der Waals surface area (Å²) in [5.74, 6) is -0.894. The van der Waals surface area contributed by atoms with Crippen LogP contribution in [0.3, 0.4) is 0 Å². The van der Waals surface area contributed by atoms with Crippen molar-refractivity contribution in [1.82, 2.24) is 0 Å². The van der Waals surface area contributed by atoms with Gasteiger partial charge in [0.25, 0.3) is 0 Å². The minimum atomic E-state index is -0.778. The molecule has 0 saturated carbocycles. The summed E-state index contributed by atoms with van der Waals surface area (Å²) in [6.07, 6.45) is 55.5. The molecular formula is C53H96O6. The Morgan fingerprint density at radius 3 is 1.05 bits per heavy atom. The first-order valence-electron chi connectivity index (χ1n) is 25.5. The molecule has 0 rings (SSSR count). The Morgan fingerprint density at radius 1 is 0.356 bits per heavy atom. The molecule has 0 saturated heterocycles. The Hall–Kier alpha value is -2.37. The number of rotatable bonds is 46. The van der Waals surface area contributed by atoms with Gasteiger partial charge < -0.3 is 14.2 Å². The second kappa shape index (κ2) is 48.3. The van der Waals surface area contributed by atoms with Crippen LogP contribution in [0.25, 0.3) is 0 Å². The lowest BCUT2D eigenvalue weighted by Gasteiger charge is -2.18. The highest BCUT2D eigenvalue weighted by atomic mass is 16.6. The third-order valence-corrected chi connectivity index (χ3v) is 11.1. The van der Waals surface area contributed by atoms with E-state index in [0.717, 1.165) is 89.9 Å². The molecule has 0 fully saturated rings. The predicted molar refractivity (Wildman–Crippen MR) is 252 cm³/mol. The number of allylic oxidation sites excluding steroid dienone is 6. The molecule has 0 aromatic rings. The molecule has 344 valence electrons. The summed E-state index contributed by atoms with van der Waals surface area (Å²) in [7, 11) is 0. The van der Waals surface area contributed by atoms with Gasteiger partial charge in [0.15, 0.2) is 6.10 Å². The van der Waals surface area contributed by atoms with E-state index >= 15 is 0 Å². The fourth-order valence-electron chi connectivity index (χ4n) is 7.30. The van der Waals surface area contributed by atoms with Gasteiger partial charge in [0.2, 0.25) is 0 Å². The van der Waals surface area contributed by atoms with Gasteiger partial charge in [0, 0.05) is 19.3 Å². The number of hydrogen-bond donors (Lipinski definition) is 0. The lowest BCUT2D eigenvalue weighted by Crippen LogP contribution is -2.30. The maximum absolute atomic E-state index is 12.8. The smallest absolute Gasteiger partial charge is 0.306 e. The highest BCUT2D eigenvalue weighted by Crippen LogP contribution is 2.15. The monoisotopic (exact) mass is 829 g/mol. The molecule has 0 aromatic carbocycles. The van der Waals surface area contributed by atoms with Gasteiger partial charge in [0.1, 0.15) is 13.2 Å². The number of esters is 3. The molecule has 59 heavy (non-hydrogen) atoms. The Bertz CT molecular complexity index is 1000. The predicted octanol–water partition coefficient (Wildman–Crippen LogP) is 16.5. The average Bonchev–Trinajstić information content (AvgIpc) is 3.23. The molecule has 0 aliphatic carbocycles. The van der Waals surface area contributed by atoms with Crippen molar-refractivity contribution in [3.8, 4) is 0 Å². The molecule has 6 nitrogen and oxygen atoms in total.